The Balaban J connectivity index is 2.56. The Labute approximate surface area is 139 Å². The second kappa shape index (κ2) is 5.77. The summed E-state index contributed by atoms with van der Waals surface area (Å²) in [4.78, 5) is 37.4. The van der Waals surface area contributed by atoms with E-state index in [1.54, 1.807) is 45.0 Å². The van der Waals surface area contributed by atoms with Crippen LogP contribution in [0.5, 0.6) is 0 Å². The summed E-state index contributed by atoms with van der Waals surface area (Å²) in [5.41, 5.74) is -1.70. The van der Waals surface area contributed by atoms with Gasteiger partial charge in [0.15, 0.2) is 0 Å². The lowest BCUT2D eigenvalue weighted by atomic mass is 9.85. The van der Waals surface area contributed by atoms with Gasteiger partial charge in [-0.3, -0.25) is 20.2 Å². The van der Waals surface area contributed by atoms with Crippen LogP contribution in [-0.4, -0.2) is 35.6 Å². The lowest BCUT2D eigenvalue weighted by Crippen LogP contribution is -2.61. The molecule has 1 aliphatic heterocycles. The molecule has 0 saturated heterocycles. The van der Waals surface area contributed by atoms with Crippen LogP contribution in [0.25, 0.3) is 0 Å². The number of carbonyl (C=O) groups is 2. The lowest BCUT2D eigenvalue weighted by molar-refractivity contribution is -0.528. The van der Waals surface area contributed by atoms with E-state index in [1.165, 1.54) is 18.9 Å². The standard InChI is InChI=1S/C16H21N3O5/c1-10(19(22)23)16(17-14(21)24-15(2,3)4)11-8-6-7-9-12(11)18(5)13(16)20/h6-10H,1-5H3,(H,17,21)/t10?,16-/m1/s1. The van der Waals surface area contributed by atoms with Crippen molar-refractivity contribution >= 4 is 17.7 Å². The molecule has 8 nitrogen and oxygen atoms in total. The predicted octanol–water partition coefficient (Wildman–Crippen LogP) is 2.05. The highest BCUT2D eigenvalue weighted by Crippen LogP contribution is 2.42. The Morgan fingerprint density at radius 3 is 2.50 bits per heavy atom. The first-order chi connectivity index (χ1) is 11.0. The fourth-order valence-corrected chi connectivity index (χ4v) is 2.84. The van der Waals surface area contributed by atoms with E-state index in [-0.39, 0.29) is 0 Å². The number of hydrogen-bond acceptors (Lipinski definition) is 5. The number of anilines is 1. The van der Waals surface area contributed by atoms with Gasteiger partial charge in [-0.05, 0) is 26.8 Å². The number of nitrogens with one attached hydrogen (secondary N) is 1. The summed E-state index contributed by atoms with van der Waals surface area (Å²) in [6, 6.07) is 5.31. The number of rotatable bonds is 3. The summed E-state index contributed by atoms with van der Waals surface area (Å²) in [6.07, 6.45) is -0.880. The lowest BCUT2D eigenvalue weighted by Gasteiger charge is -2.31. The van der Waals surface area contributed by atoms with Crippen molar-refractivity contribution in [1.29, 1.82) is 0 Å². The third-order valence-electron chi connectivity index (χ3n) is 3.97. The van der Waals surface area contributed by atoms with Gasteiger partial charge in [0.05, 0.1) is 0 Å². The molecule has 1 heterocycles. The maximum atomic E-state index is 12.9. The highest BCUT2D eigenvalue weighted by molar-refractivity contribution is 6.09. The van der Waals surface area contributed by atoms with Crippen molar-refractivity contribution in [2.45, 2.75) is 44.9 Å². The quantitative estimate of drug-likeness (QED) is 0.673. The fourth-order valence-electron chi connectivity index (χ4n) is 2.84. The molecule has 0 aliphatic carbocycles. The summed E-state index contributed by atoms with van der Waals surface area (Å²) in [5, 5.41) is 13.9. The Morgan fingerprint density at radius 1 is 1.38 bits per heavy atom. The molecule has 24 heavy (non-hydrogen) atoms. The summed E-state index contributed by atoms with van der Waals surface area (Å²) in [6.45, 7) is 6.32. The minimum absolute atomic E-state index is 0.382. The molecule has 0 saturated carbocycles. The zero-order valence-electron chi connectivity index (χ0n) is 14.3. The summed E-state index contributed by atoms with van der Waals surface area (Å²) < 4.78 is 5.21. The maximum absolute atomic E-state index is 12.9. The molecule has 1 unspecified atom stereocenters. The zero-order valence-corrected chi connectivity index (χ0v) is 14.3. The van der Waals surface area contributed by atoms with Crippen molar-refractivity contribution in [2.75, 3.05) is 11.9 Å². The molecule has 1 aliphatic rings. The first-order valence-corrected chi connectivity index (χ1v) is 7.53. The largest absolute Gasteiger partial charge is 0.444 e. The van der Waals surface area contributed by atoms with Gasteiger partial charge in [0.25, 0.3) is 5.91 Å². The van der Waals surface area contributed by atoms with E-state index in [2.05, 4.69) is 5.32 Å². The Morgan fingerprint density at radius 2 is 1.96 bits per heavy atom. The van der Waals surface area contributed by atoms with Crippen LogP contribution in [0, 0.1) is 10.1 Å². The molecule has 0 spiro atoms. The normalized spacial score (nSPS) is 21.2. The number of benzene rings is 1. The molecular weight excluding hydrogens is 314 g/mol. The number of alkyl carbamates (subject to hydrolysis) is 1. The number of hydrogen-bond donors (Lipinski definition) is 1. The number of amides is 2. The monoisotopic (exact) mass is 335 g/mol. The van der Waals surface area contributed by atoms with Crippen molar-refractivity contribution in [2.24, 2.45) is 0 Å². The SMILES string of the molecule is CC([N+](=O)[O-])[C@]1(NC(=O)OC(C)(C)C)C(=O)N(C)c2ccccc21. The molecule has 0 aromatic heterocycles. The van der Waals surface area contributed by atoms with E-state index in [4.69, 9.17) is 4.74 Å². The molecule has 1 aromatic carbocycles. The van der Waals surface area contributed by atoms with E-state index >= 15 is 0 Å². The van der Waals surface area contributed by atoms with Crippen molar-refractivity contribution in [1.82, 2.24) is 5.32 Å². The van der Waals surface area contributed by atoms with Gasteiger partial charge in [-0.2, -0.15) is 0 Å². The van der Waals surface area contributed by atoms with E-state index in [0.717, 1.165) is 0 Å². The zero-order chi connectivity index (χ0) is 18.3. The summed E-state index contributed by atoms with van der Waals surface area (Å²) >= 11 is 0. The van der Waals surface area contributed by atoms with Gasteiger partial charge in [-0.25, -0.2) is 4.79 Å². The number of para-hydroxylation sites is 1. The second-order valence-corrected chi connectivity index (χ2v) is 6.78. The molecule has 0 bridgehead atoms. The van der Waals surface area contributed by atoms with Gasteiger partial charge < -0.3 is 9.64 Å². The number of carbonyl (C=O) groups excluding carboxylic acids is 2. The number of nitro groups is 1. The van der Waals surface area contributed by atoms with Gasteiger partial charge in [0.2, 0.25) is 11.6 Å². The average Bonchev–Trinajstić information content (AvgIpc) is 2.68. The molecule has 8 heteroatoms. The fraction of sp³-hybridized carbons (Fsp3) is 0.500. The first kappa shape index (κ1) is 17.7. The van der Waals surface area contributed by atoms with E-state index in [0.29, 0.717) is 11.3 Å². The molecule has 1 N–H and O–H groups in total. The second-order valence-electron chi connectivity index (χ2n) is 6.78. The molecule has 1 aromatic rings. The van der Waals surface area contributed by atoms with Crippen LogP contribution in [-0.2, 0) is 15.1 Å². The number of fused-ring (bicyclic) bond motifs is 1. The molecule has 2 rings (SSSR count). The van der Waals surface area contributed by atoms with Crippen molar-refractivity contribution in [3.8, 4) is 0 Å². The number of ether oxygens (including phenoxy) is 1. The topological polar surface area (TPSA) is 102 Å². The van der Waals surface area contributed by atoms with Gasteiger partial charge in [0, 0.05) is 30.1 Å². The van der Waals surface area contributed by atoms with Crippen LogP contribution < -0.4 is 10.2 Å². The van der Waals surface area contributed by atoms with Crippen molar-refractivity contribution in [3.63, 3.8) is 0 Å². The third-order valence-corrected chi connectivity index (χ3v) is 3.97. The number of nitrogens with zero attached hydrogens (tertiary/aromatic N) is 2. The van der Waals surface area contributed by atoms with Crippen LogP contribution in [0.15, 0.2) is 24.3 Å². The smallest absolute Gasteiger partial charge is 0.408 e. The summed E-state index contributed by atoms with van der Waals surface area (Å²) in [5.74, 6) is -0.571. The molecule has 2 amide bonds. The molecule has 0 radical (unpaired) electrons. The highest BCUT2D eigenvalue weighted by Gasteiger charge is 2.60. The average molecular weight is 335 g/mol. The van der Waals surface area contributed by atoms with Crippen LogP contribution in [0.3, 0.4) is 0 Å². The Kier molecular flexibility index (Phi) is 4.26. The van der Waals surface area contributed by atoms with Crippen LogP contribution >= 0.6 is 0 Å². The first-order valence-electron chi connectivity index (χ1n) is 7.53. The van der Waals surface area contributed by atoms with Crippen LogP contribution in [0.1, 0.15) is 33.3 Å². The Bertz CT molecular complexity index is 697. The van der Waals surface area contributed by atoms with Crippen LogP contribution in [0.2, 0.25) is 0 Å². The minimum atomic E-state index is -1.81. The highest BCUT2D eigenvalue weighted by atomic mass is 16.6. The molecule has 130 valence electrons. The van der Waals surface area contributed by atoms with E-state index in [1.807, 2.05) is 0 Å². The molecule has 2 atom stereocenters. The molecule has 0 fully saturated rings. The summed E-state index contributed by atoms with van der Waals surface area (Å²) in [7, 11) is 1.52. The van der Waals surface area contributed by atoms with Gasteiger partial charge in [-0.1, -0.05) is 18.2 Å². The third kappa shape index (κ3) is 2.79. The van der Waals surface area contributed by atoms with Gasteiger partial charge >= 0.3 is 6.09 Å². The predicted molar refractivity (Wildman–Crippen MR) is 87.4 cm³/mol. The minimum Gasteiger partial charge on any atom is -0.444 e. The van der Waals surface area contributed by atoms with Gasteiger partial charge in [-0.15, -0.1) is 0 Å². The molecular formula is C16H21N3O5. The van der Waals surface area contributed by atoms with E-state index < -0.39 is 34.1 Å². The van der Waals surface area contributed by atoms with Crippen molar-refractivity contribution < 1.29 is 19.2 Å². The van der Waals surface area contributed by atoms with Crippen LogP contribution in [0.4, 0.5) is 10.5 Å². The van der Waals surface area contributed by atoms with Gasteiger partial charge in [0.1, 0.15) is 5.60 Å². The maximum Gasteiger partial charge on any atom is 0.408 e. The van der Waals surface area contributed by atoms with Crippen molar-refractivity contribution in [3.05, 3.63) is 39.9 Å². The number of likely N-dealkylation sites (N-methyl/N-ethyl adjacent to an activating group) is 1. The Hall–Kier alpha value is -2.64. The van der Waals surface area contributed by atoms with E-state index in [9.17, 15) is 19.7 Å².